The van der Waals surface area contributed by atoms with Crippen molar-refractivity contribution in [3.05, 3.63) is 11.6 Å². The molecule has 1 rings (SSSR count). The topological polar surface area (TPSA) is 30.5 Å². The van der Waals surface area contributed by atoms with Crippen molar-refractivity contribution in [2.45, 2.75) is 32.5 Å². The molecule has 0 aromatic heterocycles. The number of nitrogens with one attached hydrogen (secondary N) is 1. The maximum Gasteiger partial charge on any atom is 0.158 e. The summed E-state index contributed by atoms with van der Waals surface area (Å²) >= 11 is 0. The summed E-state index contributed by atoms with van der Waals surface area (Å²) < 4.78 is 11.1. The average molecular weight is 249 g/mol. The van der Waals surface area contributed by atoms with E-state index in [9.17, 15) is 0 Å². The molecule has 3 atom stereocenters. The Morgan fingerprint density at radius 3 is 3.20 bits per heavy atom. The monoisotopic (exact) mass is 249 g/mol. The first-order valence-electron chi connectivity index (χ1n) is 5.40. The molecule has 0 aromatic carbocycles. The Balaban J connectivity index is 2.09. The van der Waals surface area contributed by atoms with Crippen LogP contribution in [0.2, 0.25) is 0 Å². The molecule has 0 aliphatic carbocycles. The van der Waals surface area contributed by atoms with E-state index >= 15 is 0 Å². The van der Waals surface area contributed by atoms with Gasteiger partial charge in [-0.2, -0.15) is 0 Å². The van der Waals surface area contributed by atoms with Gasteiger partial charge in [-0.3, -0.25) is 5.09 Å². The molecule has 0 radical (unpaired) electrons. The molecule has 0 saturated carbocycles. The van der Waals surface area contributed by atoms with E-state index in [4.69, 9.17) is 9.47 Å². The molecule has 1 N–H and O–H groups in total. The molecule has 0 spiro atoms. The van der Waals surface area contributed by atoms with E-state index in [1.54, 1.807) is 0 Å². The molecule has 1 aliphatic rings. The summed E-state index contributed by atoms with van der Waals surface area (Å²) in [5.41, 5.74) is 1.26. The second-order valence-electron chi connectivity index (χ2n) is 3.68. The third kappa shape index (κ3) is 6.60. The summed E-state index contributed by atoms with van der Waals surface area (Å²) in [6, 6.07) is 0. The molecule has 1 fully saturated rings. The summed E-state index contributed by atoms with van der Waals surface area (Å²) in [5.74, 6) is 0. The molecule has 0 aromatic rings. The van der Waals surface area contributed by atoms with Crippen LogP contribution in [0.1, 0.15) is 26.2 Å². The van der Waals surface area contributed by atoms with Gasteiger partial charge in [0.1, 0.15) is 0 Å². The van der Waals surface area contributed by atoms with Crippen molar-refractivity contribution in [2.24, 2.45) is 0 Å². The Kier molecular flexibility index (Phi) is 7.78. The summed E-state index contributed by atoms with van der Waals surface area (Å²) in [6.45, 7) is 4.55. The zero-order valence-corrected chi connectivity index (χ0v) is 11.4. The van der Waals surface area contributed by atoms with Crippen LogP contribution in [0.25, 0.3) is 0 Å². The first-order chi connectivity index (χ1) is 7.33. The standard InChI is InChI=1S/C10H21NO2P2/c1-9(5-6-11-15-14)8-13-10-4-2-3-7-12-10/h5,10-11,15H,2-4,6-8,14H2,1H3/b9-5+. The molecule has 3 unspecified atom stereocenters. The lowest BCUT2D eigenvalue weighted by atomic mass is 10.2. The van der Waals surface area contributed by atoms with Crippen molar-refractivity contribution >= 4 is 17.3 Å². The van der Waals surface area contributed by atoms with Crippen LogP contribution in [0.3, 0.4) is 0 Å². The van der Waals surface area contributed by atoms with Crippen molar-refractivity contribution in [2.75, 3.05) is 19.8 Å². The third-order valence-corrected chi connectivity index (χ3v) is 3.31. The van der Waals surface area contributed by atoms with Gasteiger partial charge in [0.15, 0.2) is 6.29 Å². The highest BCUT2D eigenvalue weighted by Crippen LogP contribution is 2.15. The maximum absolute atomic E-state index is 5.65. The molecule has 88 valence electrons. The summed E-state index contributed by atoms with van der Waals surface area (Å²) in [4.78, 5) is 0. The number of ether oxygens (including phenoxy) is 2. The second kappa shape index (κ2) is 8.61. The predicted molar refractivity (Wildman–Crippen MR) is 69.3 cm³/mol. The fourth-order valence-electron chi connectivity index (χ4n) is 1.41. The molecular formula is C10H21NO2P2. The summed E-state index contributed by atoms with van der Waals surface area (Å²) in [6.07, 6.45) is 5.63. The Morgan fingerprint density at radius 1 is 1.67 bits per heavy atom. The highest BCUT2D eigenvalue weighted by atomic mass is 32.0. The smallest absolute Gasteiger partial charge is 0.158 e. The minimum Gasteiger partial charge on any atom is -0.353 e. The fourth-order valence-corrected chi connectivity index (χ4v) is 1.98. The van der Waals surface area contributed by atoms with Crippen LogP contribution < -0.4 is 5.09 Å². The van der Waals surface area contributed by atoms with Gasteiger partial charge < -0.3 is 9.47 Å². The lowest BCUT2D eigenvalue weighted by Crippen LogP contribution is -2.23. The average Bonchev–Trinajstić information content (AvgIpc) is 2.28. The van der Waals surface area contributed by atoms with Crippen LogP contribution in [-0.4, -0.2) is 26.0 Å². The minimum absolute atomic E-state index is 0.0265. The van der Waals surface area contributed by atoms with Gasteiger partial charge in [0.25, 0.3) is 0 Å². The normalized spacial score (nSPS) is 23.9. The van der Waals surface area contributed by atoms with E-state index in [1.165, 1.54) is 18.4 Å². The Labute approximate surface area is 96.3 Å². The third-order valence-electron chi connectivity index (χ3n) is 2.29. The fraction of sp³-hybridized carbons (Fsp3) is 0.800. The van der Waals surface area contributed by atoms with E-state index in [-0.39, 0.29) is 6.29 Å². The van der Waals surface area contributed by atoms with Crippen molar-refractivity contribution < 1.29 is 9.47 Å². The predicted octanol–water partition coefficient (Wildman–Crippen LogP) is 2.45. The van der Waals surface area contributed by atoms with Gasteiger partial charge in [-0.15, -0.1) is 0 Å². The quantitative estimate of drug-likeness (QED) is 0.445. The van der Waals surface area contributed by atoms with Crippen LogP contribution >= 0.6 is 17.3 Å². The van der Waals surface area contributed by atoms with Crippen LogP contribution in [0.5, 0.6) is 0 Å². The first-order valence-corrected chi connectivity index (χ1v) is 8.21. The number of hydrogen-bond acceptors (Lipinski definition) is 3. The summed E-state index contributed by atoms with van der Waals surface area (Å²) in [5, 5.41) is 3.24. The highest BCUT2D eigenvalue weighted by Gasteiger charge is 2.13. The molecule has 0 amide bonds. The maximum atomic E-state index is 5.65. The highest BCUT2D eigenvalue weighted by molar-refractivity contribution is 8.01. The number of hydrogen-bond donors (Lipinski definition) is 1. The van der Waals surface area contributed by atoms with Gasteiger partial charge in [0.2, 0.25) is 0 Å². The zero-order valence-electron chi connectivity index (χ0n) is 9.29. The van der Waals surface area contributed by atoms with Gasteiger partial charge in [0, 0.05) is 13.2 Å². The largest absolute Gasteiger partial charge is 0.353 e. The van der Waals surface area contributed by atoms with E-state index in [0.717, 1.165) is 28.0 Å². The van der Waals surface area contributed by atoms with E-state index in [2.05, 4.69) is 27.0 Å². The molecule has 1 saturated heterocycles. The van der Waals surface area contributed by atoms with Gasteiger partial charge in [-0.05, 0) is 34.6 Å². The summed E-state index contributed by atoms with van der Waals surface area (Å²) in [7, 11) is 3.39. The van der Waals surface area contributed by atoms with Crippen molar-refractivity contribution in [1.82, 2.24) is 5.09 Å². The van der Waals surface area contributed by atoms with Gasteiger partial charge in [-0.1, -0.05) is 20.6 Å². The van der Waals surface area contributed by atoms with Crippen LogP contribution in [0.4, 0.5) is 0 Å². The van der Waals surface area contributed by atoms with E-state index in [1.807, 2.05) is 0 Å². The molecule has 1 heterocycles. The van der Waals surface area contributed by atoms with Crippen molar-refractivity contribution in [1.29, 1.82) is 0 Å². The minimum atomic E-state index is 0.0265. The SMILES string of the molecule is C/C(=C\CNPP)COC1CCCCO1. The zero-order chi connectivity index (χ0) is 10.9. The van der Waals surface area contributed by atoms with Crippen molar-refractivity contribution in [3.63, 3.8) is 0 Å². The molecule has 3 nitrogen and oxygen atoms in total. The van der Waals surface area contributed by atoms with Gasteiger partial charge >= 0.3 is 0 Å². The Hall–Kier alpha value is 0.480. The first kappa shape index (κ1) is 13.5. The van der Waals surface area contributed by atoms with Crippen LogP contribution in [0, 0.1) is 0 Å². The lowest BCUT2D eigenvalue weighted by molar-refractivity contribution is -0.156. The van der Waals surface area contributed by atoms with Crippen LogP contribution in [0.15, 0.2) is 11.6 Å². The van der Waals surface area contributed by atoms with Crippen molar-refractivity contribution in [3.8, 4) is 0 Å². The lowest BCUT2D eigenvalue weighted by Gasteiger charge is -2.22. The van der Waals surface area contributed by atoms with E-state index < -0.39 is 0 Å². The molecular weight excluding hydrogens is 228 g/mol. The second-order valence-corrected chi connectivity index (χ2v) is 5.19. The molecule has 15 heavy (non-hydrogen) atoms. The Morgan fingerprint density at radius 2 is 2.53 bits per heavy atom. The molecule has 1 aliphatic heterocycles. The van der Waals surface area contributed by atoms with Crippen LogP contribution in [-0.2, 0) is 9.47 Å². The Bertz CT molecular complexity index is 194. The van der Waals surface area contributed by atoms with Gasteiger partial charge in [0.05, 0.1) is 6.61 Å². The number of rotatable bonds is 6. The molecule has 5 heteroatoms. The van der Waals surface area contributed by atoms with E-state index in [0.29, 0.717) is 6.61 Å². The van der Waals surface area contributed by atoms with Gasteiger partial charge in [-0.25, -0.2) is 0 Å². The molecule has 0 bridgehead atoms.